The number of carbonyl (C=O) groups excluding carboxylic acids is 1. The predicted molar refractivity (Wildman–Crippen MR) is 100 cm³/mol. The Labute approximate surface area is 151 Å². The molecule has 0 fully saturated rings. The Bertz CT molecular complexity index is 935. The molecule has 0 N–H and O–H groups in total. The summed E-state index contributed by atoms with van der Waals surface area (Å²) in [5.41, 5.74) is 1.73. The van der Waals surface area contributed by atoms with Crippen molar-refractivity contribution in [2.75, 3.05) is 20.2 Å². The van der Waals surface area contributed by atoms with E-state index < -0.39 is 5.82 Å². The molecule has 0 radical (unpaired) electrons. The second kappa shape index (κ2) is 8.25. The van der Waals surface area contributed by atoms with Gasteiger partial charge in [0.05, 0.1) is 12.1 Å². The van der Waals surface area contributed by atoms with Crippen LogP contribution in [0.4, 0.5) is 4.39 Å². The molecule has 0 aliphatic carbocycles. The fourth-order valence-corrected chi connectivity index (χ4v) is 2.52. The molecule has 4 nitrogen and oxygen atoms in total. The van der Waals surface area contributed by atoms with Crippen molar-refractivity contribution in [2.45, 2.75) is 0 Å². The van der Waals surface area contributed by atoms with Crippen LogP contribution in [0.5, 0.6) is 5.75 Å². The Kier molecular flexibility index (Phi) is 5.59. The maximum absolute atomic E-state index is 13.5. The molecule has 0 atom stereocenters. The van der Waals surface area contributed by atoms with Crippen molar-refractivity contribution in [1.29, 1.82) is 0 Å². The van der Waals surface area contributed by atoms with E-state index in [0.717, 1.165) is 16.5 Å². The lowest BCUT2D eigenvalue weighted by Crippen LogP contribution is -2.29. The number of likely N-dealkylation sites (N-methyl/N-ethyl adjacent to an activating group) is 1. The zero-order valence-electron chi connectivity index (χ0n) is 14.4. The Morgan fingerprint density at radius 3 is 2.81 bits per heavy atom. The summed E-state index contributed by atoms with van der Waals surface area (Å²) in [5, 5.41) is 1.02. The van der Waals surface area contributed by atoms with Crippen LogP contribution in [0.3, 0.4) is 0 Å². The zero-order chi connectivity index (χ0) is 18.4. The van der Waals surface area contributed by atoms with Gasteiger partial charge in [-0.1, -0.05) is 36.4 Å². The average molecular weight is 350 g/mol. The van der Waals surface area contributed by atoms with Crippen molar-refractivity contribution in [3.8, 4) is 5.75 Å². The van der Waals surface area contributed by atoms with Crippen LogP contribution < -0.4 is 4.74 Å². The Morgan fingerprint density at radius 1 is 1.15 bits per heavy atom. The predicted octanol–water partition coefficient (Wildman–Crippen LogP) is 3.92. The van der Waals surface area contributed by atoms with Gasteiger partial charge in [-0.05, 0) is 24.3 Å². The number of carbonyl (C=O) groups is 1. The van der Waals surface area contributed by atoms with Gasteiger partial charge < -0.3 is 9.64 Å². The molecule has 26 heavy (non-hydrogen) atoms. The molecule has 3 rings (SSSR count). The topological polar surface area (TPSA) is 42.4 Å². The first-order valence-electron chi connectivity index (χ1n) is 8.29. The summed E-state index contributed by atoms with van der Waals surface area (Å²) in [4.78, 5) is 18.1. The van der Waals surface area contributed by atoms with E-state index in [9.17, 15) is 9.18 Å². The molecular weight excluding hydrogens is 331 g/mol. The summed E-state index contributed by atoms with van der Waals surface area (Å²) < 4.78 is 18.9. The van der Waals surface area contributed by atoms with Gasteiger partial charge in [0, 0.05) is 30.3 Å². The van der Waals surface area contributed by atoms with Gasteiger partial charge >= 0.3 is 0 Å². The Balaban J connectivity index is 1.58. The van der Waals surface area contributed by atoms with E-state index in [-0.39, 0.29) is 18.3 Å². The molecule has 0 saturated carbocycles. The standard InChI is InChI=1S/C21H19FN2O2/c1-24(14-15-26-19-10-3-2-9-18(19)22)20(25)12-11-17-7-4-6-16-8-5-13-23-21(16)17/h2-13H,14-15H2,1H3. The number of rotatable bonds is 6. The SMILES string of the molecule is CN(CCOc1ccccc1F)C(=O)C=Cc1cccc2cccnc12. The number of halogens is 1. The van der Waals surface area contributed by atoms with E-state index in [1.165, 1.54) is 17.0 Å². The highest BCUT2D eigenvalue weighted by Crippen LogP contribution is 2.17. The van der Waals surface area contributed by atoms with Crippen LogP contribution >= 0.6 is 0 Å². The summed E-state index contributed by atoms with van der Waals surface area (Å²) in [6, 6.07) is 15.9. The summed E-state index contributed by atoms with van der Waals surface area (Å²) in [6.45, 7) is 0.568. The molecule has 1 aromatic heterocycles. The van der Waals surface area contributed by atoms with Gasteiger partial charge in [0.25, 0.3) is 0 Å². The molecule has 0 saturated heterocycles. The van der Waals surface area contributed by atoms with Gasteiger partial charge in [-0.2, -0.15) is 0 Å². The molecular formula is C21H19FN2O2. The number of hydrogen-bond donors (Lipinski definition) is 0. The number of ether oxygens (including phenoxy) is 1. The number of fused-ring (bicyclic) bond motifs is 1. The lowest BCUT2D eigenvalue weighted by molar-refractivity contribution is -0.125. The summed E-state index contributed by atoms with van der Waals surface area (Å²) in [6.07, 6.45) is 4.99. The first kappa shape index (κ1) is 17.6. The third kappa shape index (κ3) is 4.25. The van der Waals surface area contributed by atoms with Gasteiger partial charge in [0.15, 0.2) is 11.6 Å². The fraction of sp³-hybridized carbons (Fsp3) is 0.143. The zero-order valence-corrected chi connectivity index (χ0v) is 14.4. The van der Waals surface area contributed by atoms with Gasteiger partial charge in [0.1, 0.15) is 6.61 Å². The summed E-state index contributed by atoms with van der Waals surface area (Å²) in [5.74, 6) is -0.384. The van der Waals surface area contributed by atoms with E-state index >= 15 is 0 Å². The van der Waals surface area contributed by atoms with Crippen LogP contribution in [0.2, 0.25) is 0 Å². The van der Waals surface area contributed by atoms with E-state index in [1.54, 1.807) is 37.5 Å². The van der Waals surface area contributed by atoms with Crippen LogP contribution in [0.25, 0.3) is 17.0 Å². The quantitative estimate of drug-likeness (QED) is 0.633. The van der Waals surface area contributed by atoms with Crippen molar-refractivity contribution in [3.05, 3.63) is 78.3 Å². The maximum Gasteiger partial charge on any atom is 0.246 e. The second-order valence-electron chi connectivity index (χ2n) is 5.79. The highest BCUT2D eigenvalue weighted by Gasteiger charge is 2.07. The second-order valence-corrected chi connectivity index (χ2v) is 5.79. The summed E-state index contributed by atoms with van der Waals surface area (Å²) >= 11 is 0. The minimum atomic E-state index is -0.412. The molecule has 3 aromatic rings. The molecule has 132 valence electrons. The number of amides is 1. The normalized spacial score (nSPS) is 11.0. The molecule has 0 aliphatic heterocycles. The lowest BCUT2D eigenvalue weighted by atomic mass is 10.1. The molecule has 1 amide bonds. The first-order chi connectivity index (χ1) is 12.6. The smallest absolute Gasteiger partial charge is 0.246 e. The Morgan fingerprint density at radius 2 is 1.96 bits per heavy atom. The van der Waals surface area contributed by atoms with Crippen molar-refractivity contribution in [2.24, 2.45) is 0 Å². The van der Waals surface area contributed by atoms with Crippen LogP contribution in [-0.2, 0) is 4.79 Å². The molecule has 0 bridgehead atoms. The molecule has 5 heteroatoms. The number of nitrogens with zero attached hydrogens (tertiary/aromatic N) is 2. The van der Waals surface area contributed by atoms with Crippen LogP contribution in [0.15, 0.2) is 66.9 Å². The number of hydrogen-bond acceptors (Lipinski definition) is 3. The maximum atomic E-state index is 13.5. The highest BCUT2D eigenvalue weighted by atomic mass is 19.1. The summed E-state index contributed by atoms with van der Waals surface area (Å²) in [7, 11) is 1.68. The van der Waals surface area contributed by atoms with Crippen molar-refractivity contribution in [1.82, 2.24) is 9.88 Å². The van der Waals surface area contributed by atoms with Crippen LogP contribution in [-0.4, -0.2) is 36.0 Å². The number of aromatic nitrogens is 1. The molecule has 2 aromatic carbocycles. The van der Waals surface area contributed by atoms with Crippen molar-refractivity contribution < 1.29 is 13.9 Å². The number of pyridine rings is 1. The molecule has 0 spiro atoms. The average Bonchev–Trinajstić information content (AvgIpc) is 2.67. The Hall–Kier alpha value is -3.21. The van der Waals surface area contributed by atoms with E-state index in [1.807, 2.05) is 30.3 Å². The van der Waals surface area contributed by atoms with Gasteiger partial charge in [-0.3, -0.25) is 9.78 Å². The van der Waals surface area contributed by atoms with E-state index in [4.69, 9.17) is 4.74 Å². The van der Waals surface area contributed by atoms with Gasteiger partial charge in [-0.25, -0.2) is 4.39 Å². The molecule has 0 aliphatic rings. The molecule has 0 unspecified atom stereocenters. The van der Waals surface area contributed by atoms with Crippen molar-refractivity contribution in [3.63, 3.8) is 0 Å². The molecule has 1 heterocycles. The van der Waals surface area contributed by atoms with E-state index in [0.29, 0.717) is 6.54 Å². The first-order valence-corrected chi connectivity index (χ1v) is 8.29. The minimum Gasteiger partial charge on any atom is -0.489 e. The minimum absolute atomic E-state index is 0.157. The van der Waals surface area contributed by atoms with Crippen molar-refractivity contribution >= 4 is 22.9 Å². The number of benzene rings is 2. The van der Waals surface area contributed by atoms with Crippen LogP contribution in [0.1, 0.15) is 5.56 Å². The van der Waals surface area contributed by atoms with Gasteiger partial charge in [0.2, 0.25) is 5.91 Å². The largest absolute Gasteiger partial charge is 0.489 e. The number of para-hydroxylation sites is 2. The monoisotopic (exact) mass is 350 g/mol. The highest BCUT2D eigenvalue weighted by molar-refractivity contribution is 5.95. The van der Waals surface area contributed by atoms with Gasteiger partial charge in [-0.15, -0.1) is 0 Å². The third-order valence-electron chi connectivity index (χ3n) is 3.97. The fourth-order valence-electron chi connectivity index (χ4n) is 2.52. The van der Waals surface area contributed by atoms with Crippen LogP contribution in [0, 0.1) is 5.82 Å². The van der Waals surface area contributed by atoms with E-state index in [2.05, 4.69) is 4.98 Å². The third-order valence-corrected chi connectivity index (χ3v) is 3.97. The lowest BCUT2D eigenvalue weighted by Gasteiger charge is -2.15.